The van der Waals surface area contributed by atoms with Gasteiger partial charge in [-0.25, -0.2) is 4.79 Å². The van der Waals surface area contributed by atoms with Gasteiger partial charge in [0.25, 0.3) is 0 Å². The molecule has 7 nitrogen and oxygen atoms in total. The van der Waals surface area contributed by atoms with Crippen LogP contribution < -0.4 is 5.32 Å². The Bertz CT molecular complexity index is 628. The Balaban J connectivity index is 1.89. The van der Waals surface area contributed by atoms with Crippen molar-refractivity contribution < 1.29 is 14.7 Å². The molecule has 0 bridgehead atoms. The van der Waals surface area contributed by atoms with Crippen LogP contribution >= 0.6 is 0 Å². The molecule has 2 rings (SSSR count). The van der Waals surface area contributed by atoms with E-state index in [4.69, 9.17) is 0 Å². The predicted molar refractivity (Wildman–Crippen MR) is 96.8 cm³/mol. The molecular weight excluding hydrogens is 320 g/mol. The van der Waals surface area contributed by atoms with Crippen molar-refractivity contribution in [2.45, 2.75) is 25.8 Å². The molecule has 2 N–H and O–H groups in total. The van der Waals surface area contributed by atoms with Gasteiger partial charge in [-0.1, -0.05) is 24.3 Å². The molecule has 1 heterocycles. The number of carbonyl (C=O) groups is 2. The topological polar surface area (TPSA) is 85.2 Å². The van der Waals surface area contributed by atoms with Gasteiger partial charge in [0.1, 0.15) is 5.84 Å². The van der Waals surface area contributed by atoms with Gasteiger partial charge in [0.05, 0.1) is 13.1 Å². The summed E-state index contributed by atoms with van der Waals surface area (Å²) in [7, 11) is 3.71. The summed E-state index contributed by atoms with van der Waals surface area (Å²) >= 11 is 0. The van der Waals surface area contributed by atoms with E-state index in [1.165, 1.54) is 4.90 Å². The minimum absolute atomic E-state index is 0.136. The van der Waals surface area contributed by atoms with E-state index in [0.717, 1.165) is 30.5 Å². The van der Waals surface area contributed by atoms with Gasteiger partial charge in [-0.3, -0.25) is 14.7 Å². The fourth-order valence-corrected chi connectivity index (χ4v) is 2.77. The Labute approximate surface area is 148 Å². The summed E-state index contributed by atoms with van der Waals surface area (Å²) in [6, 6.07) is 7.56. The number of hydrogen-bond acceptors (Lipinski definition) is 4. The van der Waals surface area contributed by atoms with Crippen molar-refractivity contribution in [3.05, 3.63) is 35.4 Å². The van der Waals surface area contributed by atoms with E-state index < -0.39 is 6.09 Å². The molecule has 0 spiro atoms. The Morgan fingerprint density at radius 1 is 1.28 bits per heavy atom. The number of amidine groups is 1. The van der Waals surface area contributed by atoms with Gasteiger partial charge in [0, 0.05) is 25.6 Å². The summed E-state index contributed by atoms with van der Waals surface area (Å²) in [5.74, 6) is 0.630. The number of nitrogens with zero attached hydrogens (tertiary/aromatic N) is 3. The van der Waals surface area contributed by atoms with E-state index in [2.05, 4.69) is 10.3 Å². The predicted octanol–water partition coefficient (Wildman–Crippen LogP) is 1.77. The second-order valence-electron chi connectivity index (χ2n) is 6.15. The van der Waals surface area contributed by atoms with E-state index in [9.17, 15) is 14.7 Å². The maximum atomic E-state index is 12.1. The number of nitrogens with one attached hydrogen (secondary N) is 1. The van der Waals surface area contributed by atoms with Gasteiger partial charge in [-0.05, 0) is 32.0 Å². The highest BCUT2D eigenvalue weighted by Crippen LogP contribution is 2.14. The Morgan fingerprint density at radius 3 is 2.64 bits per heavy atom. The zero-order valence-corrected chi connectivity index (χ0v) is 14.9. The molecule has 0 fully saturated rings. The normalized spacial score (nSPS) is 13.7. The van der Waals surface area contributed by atoms with Crippen LogP contribution in [0.5, 0.6) is 0 Å². The number of amides is 2. The number of hydrogen-bond donors (Lipinski definition) is 2. The van der Waals surface area contributed by atoms with Gasteiger partial charge in [0.2, 0.25) is 5.91 Å². The maximum absolute atomic E-state index is 12.1. The standard InChI is InChI=1S/C18H26N4O3/c1-19-10-4-3-5-16(23)21(2)13-14-6-8-15(9-7-14)17-20-11-12-22(17)18(24)25/h6-9,19H,3-5,10-13H2,1-2H3,(H,24,25). The molecule has 136 valence electrons. The monoisotopic (exact) mass is 346 g/mol. The van der Waals surface area contributed by atoms with Crippen molar-refractivity contribution >= 4 is 17.8 Å². The molecule has 1 aliphatic heterocycles. The lowest BCUT2D eigenvalue weighted by atomic mass is 10.1. The first kappa shape index (κ1) is 18.9. The molecule has 25 heavy (non-hydrogen) atoms. The third-order valence-electron chi connectivity index (χ3n) is 4.20. The number of aliphatic imine (C=N–C) groups is 1. The zero-order chi connectivity index (χ0) is 18.2. The second-order valence-corrected chi connectivity index (χ2v) is 6.15. The lowest BCUT2D eigenvalue weighted by Gasteiger charge is -2.18. The summed E-state index contributed by atoms with van der Waals surface area (Å²) in [5.41, 5.74) is 1.79. The molecule has 0 saturated carbocycles. The fourth-order valence-electron chi connectivity index (χ4n) is 2.77. The SMILES string of the molecule is CNCCCCC(=O)N(C)Cc1ccc(C2=NCCN2C(=O)O)cc1. The number of rotatable bonds is 8. The van der Waals surface area contributed by atoms with Gasteiger partial charge in [0.15, 0.2) is 0 Å². The molecule has 1 aromatic carbocycles. The smallest absolute Gasteiger partial charge is 0.413 e. The van der Waals surface area contributed by atoms with Crippen LogP contribution in [0.4, 0.5) is 4.79 Å². The largest absolute Gasteiger partial charge is 0.465 e. The first-order valence-corrected chi connectivity index (χ1v) is 8.55. The molecule has 0 saturated heterocycles. The molecule has 0 atom stereocenters. The van der Waals surface area contributed by atoms with Crippen LogP contribution in [0.2, 0.25) is 0 Å². The van der Waals surface area contributed by atoms with Crippen molar-refractivity contribution in [1.82, 2.24) is 15.1 Å². The highest BCUT2D eigenvalue weighted by Gasteiger charge is 2.24. The van der Waals surface area contributed by atoms with Crippen molar-refractivity contribution in [3.8, 4) is 0 Å². The van der Waals surface area contributed by atoms with Crippen molar-refractivity contribution in [1.29, 1.82) is 0 Å². The molecule has 1 aliphatic rings. The van der Waals surface area contributed by atoms with Gasteiger partial charge >= 0.3 is 6.09 Å². The fraction of sp³-hybridized carbons (Fsp3) is 0.500. The third-order valence-corrected chi connectivity index (χ3v) is 4.20. The molecule has 0 aromatic heterocycles. The highest BCUT2D eigenvalue weighted by molar-refractivity contribution is 6.07. The van der Waals surface area contributed by atoms with E-state index in [1.807, 2.05) is 38.4 Å². The summed E-state index contributed by atoms with van der Waals surface area (Å²) in [6.45, 7) is 2.36. The van der Waals surface area contributed by atoms with E-state index in [1.54, 1.807) is 4.90 Å². The first-order valence-electron chi connectivity index (χ1n) is 8.55. The van der Waals surface area contributed by atoms with Crippen LogP contribution in [0, 0.1) is 0 Å². The van der Waals surface area contributed by atoms with Crippen LogP contribution in [0.15, 0.2) is 29.3 Å². The van der Waals surface area contributed by atoms with Crippen LogP contribution in [0.25, 0.3) is 0 Å². The van der Waals surface area contributed by atoms with Crippen LogP contribution in [-0.2, 0) is 11.3 Å². The van der Waals surface area contributed by atoms with Crippen molar-refractivity contribution in [2.75, 3.05) is 33.7 Å². The molecule has 0 aliphatic carbocycles. The Kier molecular flexibility index (Phi) is 6.94. The van der Waals surface area contributed by atoms with Crippen LogP contribution in [0.1, 0.15) is 30.4 Å². The number of unbranched alkanes of at least 4 members (excludes halogenated alkanes) is 1. The average Bonchev–Trinajstić information content (AvgIpc) is 3.09. The molecule has 7 heteroatoms. The first-order chi connectivity index (χ1) is 12.0. The molecular formula is C18H26N4O3. The maximum Gasteiger partial charge on any atom is 0.413 e. The second kappa shape index (κ2) is 9.17. The van der Waals surface area contributed by atoms with E-state index >= 15 is 0 Å². The summed E-state index contributed by atoms with van der Waals surface area (Å²) in [4.78, 5) is 30.6. The molecule has 2 amide bonds. The molecule has 0 unspecified atom stereocenters. The summed E-state index contributed by atoms with van der Waals surface area (Å²) < 4.78 is 0. The Hall–Kier alpha value is -2.41. The molecule has 0 radical (unpaired) electrons. The lowest BCUT2D eigenvalue weighted by Crippen LogP contribution is -2.33. The number of benzene rings is 1. The van der Waals surface area contributed by atoms with Gasteiger partial charge in [-0.2, -0.15) is 0 Å². The van der Waals surface area contributed by atoms with E-state index in [-0.39, 0.29) is 5.91 Å². The van der Waals surface area contributed by atoms with Crippen LogP contribution in [0.3, 0.4) is 0 Å². The highest BCUT2D eigenvalue weighted by atomic mass is 16.4. The lowest BCUT2D eigenvalue weighted by molar-refractivity contribution is -0.130. The minimum Gasteiger partial charge on any atom is -0.465 e. The van der Waals surface area contributed by atoms with Crippen LogP contribution in [-0.4, -0.2) is 66.5 Å². The minimum atomic E-state index is -0.982. The molecule has 1 aromatic rings. The van der Waals surface area contributed by atoms with Crippen molar-refractivity contribution in [2.24, 2.45) is 4.99 Å². The van der Waals surface area contributed by atoms with E-state index in [0.29, 0.717) is 31.9 Å². The van der Waals surface area contributed by atoms with Crippen molar-refractivity contribution in [3.63, 3.8) is 0 Å². The van der Waals surface area contributed by atoms with Gasteiger partial charge < -0.3 is 15.3 Å². The summed E-state index contributed by atoms with van der Waals surface area (Å²) in [5, 5.41) is 12.3. The number of carbonyl (C=O) groups excluding carboxylic acids is 1. The third kappa shape index (κ3) is 5.29. The quantitative estimate of drug-likeness (QED) is 0.703. The summed E-state index contributed by atoms with van der Waals surface area (Å²) in [6.07, 6.45) is 1.45. The Morgan fingerprint density at radius 2 is 2.00 bits per heavy atom. The zero-order valence-electron chi connectivity index (χ0n) is 14.9. The number of carboxylic acid groups (broad SMARTS) is 1. The van der Waals surface area contributed by atoms with Gasteiger partial charge in [-0.15, -0.1) is 0 Å². The average molecular weight is 346 g/mol.